The summed E-state index contributed by atoms with van der Waals surface area (Å²) in [6.45, 7) is 5.03. The first-order chi connectivity index (χ1) is 12.0. The van der Waals surface area contributed by atoms with Crippen molar-refractivity contribution >= 4 is 23.4 Å². The van der Waals surface area contributed by atoms with Gasteiger partial charge in [0.05, 0.1) is 10.6 Å². The predicted molar refractivity (Wildman–Crippen MR) is 97.4 cm³/mol. The molecule has 6 nitrogen and oxygen atoms in total. The highest BCUT2D eigenvalue weighted by Crippen LogP contribution is 2.15. The summed E-state index contributed by atoms with van der Waals surface area (Å²) in [5.74, 6) is -0.593. The van der Waals surface area contributed by atoms with E-state index in [4.69, 9.17) is 11.6 Å². The Labute approximate surface area is 152 Å². The van der Waals surface area contributed by atoms with Crippen molar-refractivity contribution in [1.82, 2.24) is 20.4 Å². The molecule has 1 unspecified atom stereocenters. The van der Waals surface area contributed by atoms with Crippen molar-refractivity contribution < 1.29 is 9.59 Å². The van der Waals surface area contributed by atoms with E-state index in [0.717, 1.165) is 13.0 Å². The molecule has 0 bridgehead atoms. The number of aryl methyl sites for hydroxylation is 1. The molecule has 0 aliphatic carbocycles. The van der Waals surface area contributed by atoms with E-state index >= 15 is 0 Å². The smallest absolute Gasteiger partial charge is 0.253 e. The van der Waals surface area contributed by atoms with Gasteiger partial charge in [-0.05, 0) is 30.5 Å². The van der Waals surface area contributed by atoms with Crippen LogP contribution in [-0.4, -0.2) is 34.2 Å². The molecule has 1 aromatic carbocycles. The van der Waals surface area contributed by atoms with Crippen LogP contribution in [0.5, 0.6) is 0 Å². The van der Waals surface area contributed by atoms with E-state index in [0.29, 0.717) is 17.1 Å². The maximum absolute atomic E-state index is 12.4. The Bertz CT molecular complexity index is 701. The Morgan fingerprint density at radius 3 is 2.64 bits per heavy atom. The number of halogens is 1. The van der Waals surface area contributed by atoms with Crippen molar-refractivity contribution in [1.29, 1.82) is 0 Å². The van der Waals surface area contributed by atoms with Gasteiger partial charge in [-0.15, -0.1) is 0 Å². The highest BCUT2D eigenvalue weighted by Gasteiger charge is 2.25. The monoisotopic (exact) mass is 362 g/mol. The van der Waals surface area contributed by atoms with Crippen LogP contribution in [0.1, 0.15) is 30.6 Å². The average Bonchev–Trinajstić information content (AvgIpc) is 3.09. The molecule has 1 atom stereocenters. The summed E-state index contributed by atoms with van der Waals surface area (Å²) < 4.78 is 1.81. The summed E-state index contributed by atoms with van der Waals surface area (Å²) in [7, 11) is 0. The van der Waals surface area contributed by atoms with Crippen LogP contribution in [0.25, 0.3) is 0 Å². The molecule has 0 fully saturated rings. The van der Waals surface area contributed by atoms with Crippen molar-refractivity contribution in [3.8, 4) is 0 Å². The van der Waals surface area contributed by atoms with Gasteiger partial charge < -0.3 is 10.6 Å². The molecule has 2 amide bonds. The Hall–Kier alpha value is -2.34. The van der Waals surface area contributed by atoms with Crippen LogP contribution in [0.15, 0.2) is 42.7 Å². The molecule has 0 saturated heterocycles. The maximum Gasteiger partial charge on any atom is 0.253 e. The number of carbonyl (C=O) groups excluding carboxylic acids is 2. The summed E-state index contributed by atoms with van der Waals surface area (Å²) >= 11 is 6.04. The van der Waals surface area contributed by atoms with Crippen LogP contribution in [-0.2, 0) is 11.3 Å². The van der Waals surface area contributed by atoms with Gasteiger partial charge >= 0.3 is 0 Å². The Balaban J connectivity index is 1.87. The van der Waals surface area contributed by atoms with Crippen LogP contribution in [0.4, 0.5) is 0 Å². The van der Waals surface area contributed by atoms with Gasteiger partial charge in [0.25, 0.3) is 5.91 Å². The van der Waals surface area contributed by atoms with Gasteiger partial charge in [-0.3, -0.25) is 14.3 Å². The fraction of sp³-hybridized carbons (Fsp3) is 0.389. The van der Waals surface area contributed by atoms with E-state index in [-0.39, 0.29) is 17.7 Å². The predicted octanol–water partition coefficient (Wildman–Crippen LogP) is 2.50. The van der Waals surface area contributed by atoms with Gasteiger partial charge in [-0.25, -0.2) is 0 Å². The van der Waals surface area contributed by atoms with Gasteiger partial charge in [0.1, 0.15) is 6.04 Å². The second kappa shape index (κ2) is 9.22. The van der Waals surface area contributed by atoms with Crippen molar-refractivity contribution in [2.75, 3.05) is 6.54 Å². The number of hydrogen-bond acceptors (Lipinski definition) is 3. The third-order valence-electron chi connectivity index (χ3n) is 3.78. The van der Waals surface area contributed by atoms with Crippen LogP contribution in [0.3, 0.4) is 0 Å². The zero-order valence-electron chi connectivity index (χ0n) is 14.4. The van der Waals surface area contributed by atoms with E-state index < -0.39 is 6.04 Å². The molecule has 134 valence electrons. The quantitative estimate of drug-likeness (QED) is 0.708. The topological polar surface area (TPSA) is 76.0 Å². The number of hydrogen-bond donors (Lipinski definition) is 2. The van der Waals surface area contributed by atoms with Gasteiger partial charge in [-0.2, -0.15) is 5.10 Å². The normalized spacial score (nSPS) is 12.0. The average molecular weight is 363 g/mol. The Kier molecular flexibility index (Phi) is 7.01. The molecule has 0 aliphatic rings. The van der Waals surface area contributed by atoms with Crippen molar-refractivity contribution in [2.45, 2.75) is 32.9 Å². The fourth-order valence-electron chi connectivity index (χ4n) is 2.39. The van der Waals surface area contributed by atoms with E-state index in [1.807, 2.05) is 30.8 Å². The van der Waals surface area contributed by atoms with E-state index in [1.54, 1.807) is 30.5 Å². The zero-order valence-corrected chi connectivity index (χ0v) is 15.2. The zero-order chi connectivity index (χ0) is 18.2. The summed E-state index contributed by atoms with van der Waals surface area (Å²) in [5.41, 5.74) is 0.362. The molecule has 0 aliphatic heterocycles. The van der Waals surface area contributed by atoms with Crippen molar-refractivity contribution in [3.05, 3.63) is 53.3 Å². The number of rotatable bonds is 8. The summed E-state index contributed by atoms with van der Waals surface area (Å²) in [6.07, 6.45) is 4.36. The molecular formula is C18H23ClN4O2. The molecule has 0 radical (unpaired) electrons. The second-order valence-corrected chi connectivity index (χ2v) is 6.50. The highest BCUT2D eigenvalue weighted by molar-refractivity contribution is 6.33. The lowest BCUT2D eigenvalue weighted by Gasteiger charge is -2.22. The number of benzene rings is 1. The molecular weight excluding hydrogens is 340 g/mol. The van der Waals surface area contributed by atoms with Crippen molar-refractivity contribution in [3.63, 3.8) is 0 Å². The fourth-order valence-corrected chi connectivity index (χ4v) is 2.62. The number of amides is 2. The molecule has 1 heterocycles. The van der Waals surface area contributed by atoms with Gasteiger partial charge in [0.2, 0.25) is 5.91 Å². The van der Waals surface area contributed by atoms with E-state index in [9.17, 15) is 9.59 Å². The minimum atomic E-state index is -0.617. The number of carbonyl (C=O) groups is 2. The number of nitrogens with one attached hydrogen (secondary N) is 2. The molecule has 0 saturated carbocycles. The molecule has 2 rings (SSSR count). The van der Waals surface area contributed by atoms with E-state index in [2.05, 4.69) is 15.7 Å². The molecule has 25 heavy (non-hydrogen) atoms. The van der Waals surface area contributed by atoms with Crippen molar-refractivity contribution in [2.24, 2.45) is 5.92 Å². The van der Waals surface area contributed by atoms with Gasteiger partial charge in [0, 0.05) is 25.5 Å². The minimum Gasteiger partial charge on any atom is -0.354 e. The molecule has 7 heteroatoms. The maximum atomic E-state index is 12.4. The SMILES string of the molecule is CC(C)C(NC(=O)c1ccccc1Cl)C(=O)NCCCn1cccn1. The lowest BCUT2D eigenvalue weighted by Crippen LogP contribution is -2.50. The third-order valence-corrected chi connectivity index (χ3v) is 4.11. The minimum absolute atomic E-state index is 0.0439. The van der Waals surface area contributed by atoms with Gasteiger partial charge in [-0.1, -0.05) is 37.6 Å². The Morgan fingerprint density at radius 1 is 1.24 bits per heavy atom. The highest BCUT2D eigenvalue weighted by atomic mass is 35.5. The molecule has 1 aromatic heterocycles. The van der Waals surface area contributed by atoms with Crippen LogP contribution in [0, 0.1) is 5.92 Å². The number of nitrogens with zero attached hydrogens (tertiary/aromatic N) is 2. The lowest BCUT2D eigenvalue weighted by molar-refractivity contribution is -0.123. The van der Waals surface area contributed by atoms with E-state index in [1.165, 1.54) is 0 Å². The molecule has 2 aromatic rings. The van der Waals surface area contributed by atoms with Crippen LogP contribution in [0.2, 0.25) is 5.02 Å². The summed E-state index contributed by atoms with van der Waals surface area (Å²) in [5, 5.41) is 10.1. The standard InChI is InChI=1S/C18H23ClN4O2/c1-13(2)16(22-17(24)14-7-3-4-8-15(14)19)18(25)20-9-5-11-23-12-6-10-21-23/h3-4,6-8,10,12-13,16H,5,9,11H2,1-2H3,(H,20,25)(H,22,24). The van der Waals surface area contributed by atoms with Crippen LogP contribution < -0.4 is 10.6 Å². The lowest BCUT2D eigenvalue weighted by atomic mass is 10.0. The first-order valence-electron chi connectivity index (χ1n) is 8.29. The summed E-state index contributed by atoms with van der Waals surface area (Å²) in [4.78, 5) is 24.8. The molecule has 2 N–H and O–H groups in total. The third kappa shape index (κ3) is 5.60. The summed E-state index contributed by atoms with van der Waals surface area (Å²) in [6, 6.07) is 8.02. The molecule has 0 spiro atoms. The second-order valence-electron chi connectivity index (χ2n) is 6.09. The first-order valence-corrected chi connectivity index (χ1v) is 8.67. The largest absolute Gasteiger partial charge is 0.354 e. The first kappa shape index (κ1) is 19.0. The van der Waals surface area contributed by atoms with Gasteiger partial charge in [0.15, 0.2) is 0 Å². The van der Waals surface area contributed by atoms with Crippen LogP contribution >= 0.6 is 11.6 Å². The number of aromatic nitrogens is 2. The Morgan fingerprint density at radius 2 is 2.00 bits per heavy atom.